The van der Waals surface area contributed by atoms with Crippen LogP contribution in [0.3, 0.4) is 0 Å². The third-order valence-corrected chi connectivity index (χ3v) is 4.96. The molecule has 0 spiro atoms. The molecule has 0 atom stereocenters. The standard InChI is InChI=1S/C20H16N2O2S/c1-13-16-4-2-3-5-17(16)24-18(13)19(23)22-12-14-6-8-15(9-7-14)20-21-10-11-25-20/h2-11H,12H2,1H3,(H,22,23). The van der Waals surface area contributed by atoms with Gasteiger partial charge in [0.15, 0.2) is 5.76 Å². The number of carbonyl (C=O) groups is 1. The van der Waals surface area contributed by atoms with Crippen LogP contribution in [0, 0.1) is 6.92 Å². The number of aryl methyl sites for hydroxylation is 1. The summed E-state index contributed by atoms with van der Waals surface area (Å²) in [6, 6.07) is 15.7. The molecule has 0 saturated carbocycles. The van der Waals surface area contributed by atoms with Crippen LogP contribution in [0.2, 0.25) is 0 Å². The summed E-state index contributed by atoms with van der Waals surface area (Å²) in [6.07, 6.45) is 1.80. The SMILES string of the molecule is Cc1c(C(=O)NCc2ccc(-c3nccs3)cc2)oc2ccccc12. The summed E-state index contributed by atoms with van der Waals surface area (Å²) >= 11 is 1.61. The first-order valence-electron chi connectivity index (χ1n) is 7.97. The van der Waals surface area contributed by atoms with E-state index in [9.17, 15) is 4.79 Å². The van der Waals surface area contributed by atoms with Crippen molar-refractivity contribution in [3.63, 3.8) is 0 Å². The lowest BCUT2D eigenvalue weighted by Crippen LogP contribution is -2.22. The lowest BCUT2D eigenvalue weighted by atomic mass is 10.1. The second-order valence-corrected chi connectivity index (χ2v) is 6.66. The van der Waals surface area contributed by atoms with Gasteiger partial charge in [-0.1, -0.05) is 42.5 Å². The number of hydrogen-bond acceptors (Lipinski definition) is 4. The molecule has 0 aliphatic carbocycles. The summed E-state index contributed by atoms with van der Waals surface area (Å²) in [7, 11) is 0. The topological polar surface area (TPSA) is 55.1 Å². The van der Waals surface area contributed by atoms with E-state index in [1.54, 1.807) is 17.5 Å². The predicted molar refractivity (Wildman–Crippen MR) is 99.7 cm³/mol. The maximum atomic E-state index is 12.4. The summed E-state index contributed by atoms with van der Waals surface area (Å²) in [5.74, 6) is 0.179. The number of hydrogen-bond donors (Lipinski definition) is 1. The van der Waals surface area contributed by atoms with Crippen molar-refractivity contribution in [3.05, 3.63) is 77.0 Å². The van der Waals surface area contributed by atoms with E-state index >= 15 is 0 Å². The van der Waals surface area contributed by atoms with Gasteiger partial charge in [-0.2, -0.15) is 0 Å². The van der Waals surface area contributed by atoms with E-state index in [2.05, 4.69) is 10.3 Å². The van der Waals surface area contributed by atoms with Crippen LogP contribution in [-0.4, -0.2) is 10.9 Å². The monoisotopic (exact) mass is 348 g/mol. The Morgan fingerprint density at radius 3 is 2.68 bits per heavy atom. The highest BCUT2D eigenvalue weighted by Gasteiger charge is 2.16. The third kappa shape index (κ3) is 3.06. The average molecular weight is 348 g/mol. The van der Waals surface area contributed by atoms with E-state index in [4.69, 9.17) is 4.42 Å². The van der Waals surface area contributed by atoms with E-state index in [-0.39, 0.29) is 5.91 Å². The highest BCUT2D eigenvalue weighted by molar-refractivity contribution is 7.13. The molecular weight excluding hydrogens is 332 g/mol. The highest BCUT2D eigenvalue weighted by Crippen LogP contribution is 2.25. The zero-order chi connectivity index (χ0) is 17.2. The summed E-state index contributed by atoms with van der Waals surface area (Å²) in [5.41, 5.74) is 3.71. The Kier molecular flexibility index (Phi) is 4.07. The van der Waals surface area contributed by atoms with E-state index in [0.717, 1.165) is 32.7 Å². The molecule has 2 aromatic heterocycles. The van der Waals surface area contributed by atoms with Crippen molar-refractivity contribution in [2.75, 3.05) is 0 Å². The molecule has 0 saturated heterocycles. The van der Waals surface area contributed by atoms with Crippen LogP contribution in [0.5, 0.6) is 0 Å². The van der Waals surface area contributed by atoms with Crippen LogP contribution >= 0.6 is 11.3 Å². The molecule has 0 radical (unpaired) electrons. The molecular formula is C20H16N2O2S. The van der Waals surface area contributed by atoms with E-state index in [1.165, 1.54) is 0 Å². The number of amides is 1. The molecule has 5 heteroatoms. The fraction of sp³-hybridized carbons (Fsp3) is 0.100. The largest absolute Gasteiger partial charge is 0.451 e. The number of benzene rings is 2. The summed E-state index contributed by atoms with van der Waals surface area (Å²) in [5, 5.41) is 6.85. The minimum atomic E-state index is -0.197. The van der Waals surface area contributed by atoms with Gasteiger partial charge in [0.1, 0.15) is 10.6 Å². The lowest BCUT2D eigenvalue weighted by molar-refractivity contribution is 0.0924. The Bertz CT molecular complexity index is 1020. The first-order valence-corrected chi connectivity index (χ1v) is 8.85. The Morgan fingerprint density at radius 1 is 1.16 bits per heavy atom. The van der Waals surface area contributed by atoms with E-state index in [1.807, 2.05) is 60.8 Å². The van der Waals surface area contributed by atoms with Crippen molar-refractivity contribution in [1.29, 1.82) is 0 Å². The van der Waals surface area contributed by atoms with Gasteiger partial charge in [0.05, 0.1) is 0 Å². The fourth-order valence-electron chi connectivity index (χ4n) is 2.78. The van der Waals surface area contributed by atoms with Gasteiger partial charge in [-0.15, -0.1) is 11.3 Å². The normalized spacial score (nSPS) is 10.9. The molecule has 1 N–H and O–H groups in total. The molecule has 4 aromatic rings. The predicted octanol–water partition coefficient (Wildman–Crippen LogP) is 4.79. The van der Waals surface area contributed by atoms with E-state index in [0.29, 0.717) is 12.3 Å². The molecule has 0 bridgehead atoms. The number of furan rings is 1. The number of carbonyl (C=O) groups excluding carboxylic acids is 1. The zero-order valence-corrected chi connectivity index (χ0v) is 14.5. The van der Waals surface area contributed by atoms with Gasteiger partial charge >= 0.3 is 0 Å². The summed E-state index contributed by atoms with van der Waals surface area (Å²) in [6.45, 7) is 2.36. The number of aromatic nitrogens is 1. The molecule has 2 heterocycles. The molecule has 1 amide bonds. The Morgan fingerprint density at radius 2 is 1.96 bits per heavy atom. The van der Waals surface area contributed by atoms with Crippen molar-refractivity contribution in [3.8, 4) is 10.6 Å². The average Bonchev–Trinajstić information content (AvgIpc) is 3.29. The minimum absolute atomic E-state index is 0.197. The molecule has 4 rings (SSSR count). The summed E-state index contributed by atoms with van der Waals surface area (Å²) in [4.78, 5) is 16.7. The van der Waals surface area contributed by atoms with Crippen LogP contribution in [-0.2, 0) is 6.54 Å². The molecule has 124 valence electrons. The van der Waals surface area contributed by atoms with Crippen LogP contribution in [0.25, 0.3) is 21.5 Å². The van der Waals surface area contributed by atoms with Crippen LogP contribution < -0.4 is 5.32 Å². The number of nitrogens with zero attached hydrogens (tertiary/aromatic N) is 1. The zero-order valence-electron chi connectivity index (χ0n) is 13.7. The quantitative estimate of drug-likeness (QED) is 0.577. The van der Waals surface area contributed by atoms with Crippen molar-refractivity contribution in [1.82, 2.24) is 10.3 Å². The minimum Gasteiger partial charge on any atom is -0.451 e. The second kappa shape index (κ2) is 6.53. The molecule has 25 heavy (non-hydrogen) atoms. The van der Waals surface area contributed by atoms with Crippen LogP contribution in [0.1, 0.15) is 21.7 Å². The molecule has 2 aromatic carbocycles. The number of thiazole rings is 1. The van der Waals surface area contributed by atoms with E-state index < -0.39 is 0 Å². The van der Waals surface area contributed by atoms with Crippen molar-refractivity contribution in [2.24, 2.45) is 0 Å². The van der Waals surface area contributed by atoms with Gasteiger partial charge in [-0.05, 0) is 18.6 Å². The number of fused-ring (bicyclic) bond motifs is 1. The first-order chi connectivity index (χ1) is 12.2. The van der Waals surface area contributed by atoms with Gasteiger partial charge in [-0.3, -0.25) is 4.79 Å². The van der Waals surface area contributed by atoms with Crippen molar-refractivity contribution in [2.45, 2.75) is 13.5 Å². The van der Waals surface area contributed by atoms with Gasteiger partial charge in [0.2, 0.25) is 0 Å². The molecule has 0 fully saturated rings. The van der Waals surface area contributed by atoms with Crippen LogP contribution in [0.4, 0.5) is 0 Å². The molecule has 0 aliphatic rings. The van der Waals surface area contributed by atoms with Gasteiger partial charge in [0, 0.05) is 34.6 Å². The Labute approximate surface area is 149 Å². The van der Waals surface area contributed by atoms with Crippen LogP contribution in [0.15, 0.2) is 64.5 Å². The second-order valence-electron chi connectivity index (χ2n) is 5.77. The van der Waals surface area contributed by atoms with Crippen molar-refractivity contribution >= 4 is 28.2 Å². The van der Waals surface area contributed by atoms with Gasteiger partial charge < -0.3 is 9.73 Å². The number of nitrogens with one attached hydrogen (secondary N) is 1. The summed E-state index contributed by atoms with van der Waals surface area (Å²) < 4.78 is 5.70. The smallest absolute Gasteiger partial charge is 0.287 e. The first kappa shape index (κ1) is 15.6. The maximum absolute atomic E-state index is 12.4. The maximum Gasteiger partial charge on any atom is 0.287 e. The van der Waals surface area contributed by atoms with Crippen molar-refractivity contribution < 1.29 is 9.21 Å². The van der Waals surface area contributed by atoms with Gasteiger partial charge in [-0.25, -0.2) is 4.98 Å². The molecule has 0 unspecified atom stereocenters. The molecule has 4 nitrogen and oxygen atoms in total. The Balaban J connectivity index is 1.47. The third-order valence-electron chi connectivity index (χ3n) is 4.14. The Hall–Kier alpha value is -2.92. The molecule has 0 aliphatic heterocycles. The number of para-hydroxylation sites is 1. The number of rotatable bonds is 4. The van der Waals surface area contributed by atoms with Gasteiger partial charge in [0.25, 0.3) is 5.91 Å². The lowest BCUT2D eigenvalue weighted by Gasteiger charge is -2.05. The highest BCUT2D eigenvalue weighted by atomic mass is 32.1. The fourth-order valence-corrected chi connectivity index (χ4v) is 3.43.